The number of nitrogens with one attached hydrogen (secondary N) is 1. The van der Waals surface area contributed by atoms with Crippen LogP contribution < -0.4 is 5.32 Å². The summed E-state index contributed by atoms with van der Waals surface area (Å²) in [5.74, 6) is -0.223. The van der Waals surface area contributed by atoms with Gasteiger partial charge in [-0.2, -0.15) is 0 Å². The summed E-state index contributed by atoms with van der Waals surface area (Å²) in [6.45, 7) is 0. The van der Waals surface area contributed by atoms with Gasteiger partial charge in [0.25, 0.3) is 0 Å². The van der Waals surface area contributed by atoms with E-state index >= 15 is 0 Å². The summed E-state index contributed by atoms with van der Waals surface area (Å²) < 4.78 is 13.4. The maximum atomic E-state index is 13.4. The fraction of sp³-hybridized carbons (Fsp3) is 0.0526. The molecule has 0 heterocycles. The summed E-state index contributed by atoms with van der Waals surface area (Å²) in [7, 11) is 0. The lowest BCUT2D eigenvalue weighted by atomic mass is 10.1. The van der Waals surface area contributed by atoms with Crippen molar-refractivity contribution < 1.29 is 4.39 Å². The maximum Gasteiger partial charge on any atom is 0.125 e. The number of fused-ring (bicyclic) bond motifs is 3. The minimum atomic E-state index is -0.223. The fourth-order valence-electron chi connectivity index (χ4n) is 3.06. The normalized spacial score (nSPS) is 12.8. The second-order valence-electron chi connectivity index (χ2n) is 5.26. The van der Waals surface area contributed by atoms with Gasteiger partial charge < -0.3 is 5.32 Å². The smallest absolute Gasteiger partial charge is 0.125 e. The minimum absolute atomic E-state index is 0.0687. The Labute approximate surface area is 123 Å². The van der Waals surface area contributed by atoms with Crippen LogP contribution in [0.2, 0.25) is 0 Å². The molecular formula is C19H14FN. The van der Waals surface area contributed by atoms with Gasteiger partial charge in [0.05, 0.1) is 6.04 Å². The summed E-state index contributed by atoms with van der Waals surface area (Å²) in [4.78, 5) is 0. The zero-order chi connectivity index (χ0) is 14.2. The molecule has 0 amide bonds. The van der Waals surface area contributed by atoms with Crippen molar-refractivity contribution in [1.82, 2.24) is 0 Å². The monoisotopic (exact) mass is 275 g/mol. The van der Waals surface area contributed by atoms with Crippen LogP contribution in [-0.2, 0) is 0 Å². The van der Waals surface area contributed by atoms with Crippen molar-refractivity contribution in [1.29, 1.82) is 0 Å². The third kappa shape index (κ3) is 2.00. The maximum absolute atomic E-state index is 13.4. The van der Waals surface area contributed by atoms with Crippen molar-refractivity contribution in [3.05, 3.63) is 89.7 Å². The predicted octanol–water partition coefficient (Wildman–Crippen LogP) is 5.01. The van der Waals surface area contributed by atoms with Crippen LogP contribution in [0.1, 0.15) is 17.2 Å². The molecule has 21 heavy (non-hydrogen) atoms. The standard InChI is InChI=1S/C19H14FN/c20-13-6-5-7-14(12-13)21-19-17-10-3-1-8-15(17)16-9-2-4-11-18(16)19/h1-12,19,21H. The molecule has 3 aromatic carbocycles. The molecule has 0 spiro atoms. The number of anilines is 1. The van der Waals surface area contributed by atoms with Crippen LogP contribution in [0.5, 0.6) is 0 Å². The van der Waals surface area contributed by atoms with E-state index in [1.165, 1.54) is 34.4 Å². The second-order valence-corrected chi connectivity index (χ2v) is 5.26. The Hall–Kier alpha value is -2.61. The third-order valence-corrected chi connectivity index (χ3v) is 3.97. The highest BCUT2D eigenvalue weighted by Gasteiger charge is 2.27. The lowest BCUT2D eigenvalue weighted by molar-refractivity contribution is 0.628. The van der Waals surface area contributed by atoms with Gasteiger partial charge in [-0.3, -0.25) is 0 Å². The van der Waals surface area contributed by atoms with Gasteiger partial charge in [0.2, 0.25) is 0 Å². The molecule has 4 rings (SSSR count). The van der Waals surface area contributed by atoms with E-state index in [1.807, 2.05) is 18.2 Å². The molecule has 0 aromatic heterocycles. The van der Waals surface area contributed by atoms with Gasteiger partial charge in [0.15, 0.2) is 0 Å². The van der Waals surface area contributed by atoms with E-state index in [9.17, 15) is 4.39 Å². The Kier molecular flexibility index (Phi) is 2.74. The molecule has 0 unspecified atom stereocenters. The van der Waals surface area contributed by atoms with Crippen molar-refractivity contribution in [3.8, 4) is 11.1 Å². The molecule has 1 aliphatic rings. The highest BCUT2D eigenvalue weighted by molar-refractivity contribution is 5.80. The first-order chi connectivity index (χ1) is 10.3. The van der Waals surface area contributed by atoms with Gasteiger partial charge in [-0.05, 0) is 40.5 Å². The molecule has 0 saturated carbocycles. The molecule has 3 aromatic rings. The number of hydrogen-bond acceptors (Lipinski definition) is 1. The topological polar surface area (TPSA) is 12.0 Å². The van der Waals surface area contributed by atoms with Gasteiger partial charge in [0, 0.05) is 5.69 Å². The molecule has 0 bridgehead atoms. The lowest BCUT2D eigenvalue weighted by Gasteiger charge is -2.17. The molecule has 0 aliphatic heterocycles. The van der Waals surface area contributed by atoms with E-state index in [0.717, 1.165) is 5.69 Å². The average molecular weight is 275 g/mol. The summed E-state index contributed by atoms with van der Waals surface area (Å²) in [5.41, 5.74) is 5.78. The molecule has 102 valence electrons. The van der Waals surface area contributed by atoms with E-state index in [1.54, 1.807) is 6.07 Å². The van der Waals surface area contributed by atoms with E-state index < -0.39 is 0 Å². The number of rotatable bonds is 2. The van der Waals surface area contributed by atoms with Crippen LogP contribution in [0, 0.1) is 5.82 Å². The number of hydrogen-bond donors (Lipinski definition) is 1. The molecule has 0 fully saturated rings. The van der Waals surface area contributed by atoms with Gasteiger partial charge in [0.1, 0.15) is 5.82 Å². The molecular weight excluding hydrogens is 261 g/mol. The lowest BCUT2D eigenvalue weighted by Crippen LogP contribution is -2.09. The number of halogens is 1. The van der Waals surface area contributed by atoms with Crippen molar-refractivity contribution in [3.63, 3.8) is 0 Å². The summed E-state index contributed by atoms with van der Waals surface area (Å²) in [6, 6.07) is 23.4. The van der Waals surface area contributed by atoms with E-state index in [0.29, 0.717) is 0 Å². The van der Waals surface area contributed by atoms with Gasteiger partial charge in [-0.25, -0.2) is 4.39 Å². The van der Waals surface area contributed by atoms with Gasteiger partial charge in [-0.15, -0.1) is 0 Å². The first-order valence-corrected chi connectivity index (χ1v) is 7.03. The Balaban J connectivity index is 1.82. The van der Waals surface area contributed by atoms with Crippen molar-refractivity contribution in [2.24, 2.45) is 0 Å². The zero-order valence-corrected chi connectivity index (χ0v) is 11.4. The molecule has 1 N–H and O–H groups in total. The third-order valence-electron chi connectivity index (χ3n) is 3.97. The summed E-state index contributed by atoms with van der Waals surface area (Å²) >= 11 is 0. The van der Waals surface area contributed by atoms with E-state index in [-0.39, 0.29) is 11.9 Å². The van der Waals surface area contributed by atoms with E-state index in [2.05, 4.69) is 41.7 Å². The van der Waals surface area contributed by atoms with Gasteiger partial charge in [-0.1, -0.05) is 54.6 Å². The fourth-order valence-corrected chi connectivity index (χ4v) is 3.06. The highest BCUT2D eigenvalue weighted by Crippen LogP contribution is 2.44. The molecule has 2 heteroatoms. The Bertz CT molecular complexity index is 764. The van der Waals surface area contributed by atoms with Crippen LogP contribution in [0.4, 0.5) is 10.1 Å². The highest BCUT2D eigenvalue weighted by atomic mass is 19.1. The van der Waals surface area contributed by atoms with Crippen molar-refractivity contribution in [2.45, 2.75) is 6.04 Å². The van der Waals surface area contributed by atoms with Crippen LogP contribution in [0.25, 0.3) is 11.1 Å². The Morgan fingerprint density at radius 3 is 1.95 bits per heavy atom. The quantitative estimate of drug-likeness (QED) is 0.693. The predicted molar refractivity (Wildman–Crippen MR) is 83.7 cm³/mol. The van der Waals surface area contributed by atoms with E-state index in [4.69, 9.17) is 0 Å². The Morgan fingerprint density at radius 1 is 0.714 bits per heavy atom. The van der Waals surface area contributed by atoms with Gasteiger partial charge >= 0.3 is 0 Å². The molecule has 1 aliphatic carbocycles. The summed E-state index contributed by atoms with van der Waals surface area (Å²) in [5, 5.41) is 3.45. The van der Waals surface area contributed by atoms with Crippen LogP contribution in [-0.4, -0.2) is 0 Å². The molecule has 1 nitrogen and oxygen atoms in total. The largest absolute Gasteiger partial charge is 0.374 e. The van der Waals surface area contributed by atoms with Crippen LogP contribution >= 0.6 is 0 Å². The second kappa shape index (κ2) is 4.74. The average Bonchev–Trinajstić information content (AvgIpc) is 2.83. The minimum Gasteiger partial charge on any atom is -0.374 e. The van der Waals surface area contributed by atoms with Crippen molar-refractivity contribution in [2.75, 3.05) is 5.32 Å². The first kappa shape index (κ1) is 12.2. The molecule has 0 atom stereocenters. The molecule has 0 radical (unpaired) electrons. The first-order valence-electron chi connectivity index (χ1n) is 7.03. The SMILES string of the molecule is Fc1cccc(NC2c3ccccc3-c3ccccc32)c1. The van der Waals surface area contributed by atoms with Crippen LogP contribution in [0.3, 0.4) is 0 Å². The number of benzene rings is 3. The van der Waals surface area contributed by atoms with Crippen molar-refractivity contribution >= 4 is 5.69 Å². The zero-order valence-electron chi connectivity index (χ0n) is 11.4. The summed E-state index contributed by atoms with van der Waals surface area (Å²) in [6.07, 6.45) is 0. The Morgan fingerprint density at radius 2 is 1.33 bits per heavy atom. The molecule has 0 saturated heterocycles. The van der Waals surface area contributed by atoms with Crippen LogP contribution in [0.15, 0.2) is 72.8 Å².